The summed E-state index contributed by atoms with van der Waals surface area (Å²) in [5.41, 5.74) is 31.3. The van der Waals surface area contributed by atoms with Crippen LogP contribution in [-0.4, -0.2) is 0 Å². The molecule has 0 amide bonds. The van der Waals surface area contributed by atoms with Crippen LogP contribution in [0.4, 0.5) is 17.1 Å². The number of anilines is 3. The average Bonchev–Trinajstić information content (AvgIpc) is 4.10. The van der Waals surface area contributed by atoms with Crippen LogP contribution in [0, 0.1) is 0 Å². The fourth-order valence-corrected chi connectivity index (χ4v) is 14.0. The second kappa shape index (κ2) is 15.6. The van der Waals surface area contributed by atoms with Crippen molar-refractivity contribution in [1.29, 1.82) is 0 Å². The Morgan fingerprint density at radius 1 is 0.230 bits per heavy atom. The van der Waals surface area contributed by atoms with Crippen molar-refractivity contribution in [3.05, 3.63) is 293 Å². The van der Waals surface area contributed by atoms with Crippen molar-refractivity contribution in [2.24, 2.45) is 0 Å². The van der Waals surface area contributed by atoms with Gasteiger partial charge in [0.15, 0.2) is 0 Å². The summed E-state index contributed by atoms with van der Waals surface area (Å²) in [6.45, 7) is 9.54. The molecule has 0 radical (unpaired) electrons. The average molecular weight is 944 g/mol. The Bertz CT molecular complexity index is 4030. The van der Waals surface area contributed by atoms with E-state index in [0.717, 1.165) is 17.1 Å². The first-order chi connectivity index (χ1) is 36.2. The van der Waals surface area contributed by atoms with E-state index in [1.807, 2.05) is 0 Å². The van der Waals surface area contributed by atoms with E-state index in [9.17, 15) is 0 Å². The normalized spacial score (nSPS) is 16.1. The zero-order valence-corrected chi connectivity index (χ0v) is 42.1. The Labute approximate surface area is 434 Å². The van der Waals surface area contributed by atoms with Crippen molar-refractivity contribution in [2.75, 3.05) is 4.90 Å². The number of hydrogen-bond acceptors (Lipinski definition) is 1. The highest BCUT2D eigenvalue weighted by molar-refractivity contribution is 5.99. The highest BCUT2D eigenvalue weighted by atomic mass is 15.1. The van der Waals surface area contributed by atoms with Crippen LogP contribution in [0.15, 0.2) is 249 Å². The highest BCUT2D eigenvalue weighted by Crippen LogP contribution is 2.64. The Morgan fingerprint density at radius 3 is 1.19 bits per heavy atom. The molecule has 0 saturated heterocycles. The molecule has 0 saturated carbocycles. The SMILES string of the molecule is CC1(C)c2ccccc2-c2ccc(N(c3ccc4c(c3)C(C)(C)c3ccccc3-4)c3ccccc3-c3ccc4c(c3)-c3ccccc3C43c4ccccc4-c4ccc(-c5ccc(-c6ccccc6)cc5)cc43)cc21. The Hall–Kier alpha value is -8.78. The van der Waals surface area contributed by atoms with Gasteiger partial charge in [-0.05, 0) is 159 Å². The third-order valence-electron chi connectivity index (χ3n) is 17.5. The van der Waals surface area contributed by atoms with E-state index in [-0.39, 0.29) is 10.8 Å². The largest absolute Gasteiger partial charge is 0.310 e. The summed E-state index contributed by atoms with van der Waals surface area (Å²) in [4.78, 5) is 2.54. The van der Waals surface area contributed by atoms with Crippen LogP contribution in [0.25, 0.3) is 77.9 Å². The van der Waals surface area contributed by atoms with Gasteiger partial charge in [-0.2, -0.15) is 0 Å². The zero-order chi connectivity index (χ0) is 49.5. The zero-order valence-electron chi connectivity index (χ0n) is 42.1. The van der Waals surface area contributed by atoms with Gasteiger partial charge in [-0.1, -0.05) is 234 Å². The maximum Gasteiger partial charge on any atom is 0.0725 e. The van der Waals surface area contributed by atoms with Crippen molar-refractivity contribution in [1.82, 2.24) is 0 Å². The first-order valence-corrected chi connectivity index (χ1v) is 26.2. The molecule has 4 aliphatic rings. The Kier molecular flexibility index (Phi) is 9.04. The summed E-state index contributed by atoms with van der Waals surface area (Å²) in [7, 11) is 0. The van der Waals surface area contributed by atoms with Gasteiger partial charge >= 0.3 is 0 Å². The Balaban J connectivity index is 0.907. The van der Waals surface area contributed by atoms with Crippen molar-refractivity contribution in [3.8, 4) is 77.9 Å². The number of nitrogens with zero attached hydrogens (tertiary/aromatic N) is 1. The van der Waals surface area contributed by atoms with Crippen LogP contribution < -0.4 is 4.90 Å². The summed E-state index contributed by atoms with van der Waals surface area (Å²) in [5, 5.41) is 0. The van der Waals surface area contributed by atoms with Gasteiger partial charge in [-0.15, -0.1) is 0 Å². The quantitative estimate of drug-likeness (QED) is 0.161. The predicted molar refractivity (Wildman–Crippen MR) is 309 cm³/mol. The Morgan fingerprint density at radius 2 is 0.608 bits per heavy atom. The molecule has 0 bridgehead atoms. The smallest absolute Gasteiger partial charge is 0.0725 e. The van der Waals surface area contributed by atoms with E-state index < -0.39 is 5.41 Å². The fraction of sp³-hybridized carbons (Fsp3) is 0.0959. The summed E-state index contributed by atoms with van der Waals surface area (Å²) in [6.07, 6.45) is 0. The molecule has 0 fully saturated rings. The van der Waals surface area contributed by atoms with Crippen molar-refractivity contribution < 1.29 is 0 Å². The molecule has 0 heterocycles. The van der Waals surface area contributed by atoms with Crippen LogP contribution in [0.3, 0.4) is 0 Å². The van der Waals surface area contributed by atoms with Gasteiger partial charge in [-0.25, -0.2) is 0 Å². The molecule has 350 valence electrons. The molecular weight excluding hydrogens is 891 g/mol. The lowest BCUT2D eigenvalue weighted by Crippen LogP contribution is -2.25. The van der Waals surface area contributed by atoms with Crippen LogP contribution in [0.5, 0.6) is 0 Å². The predicted octanol–water partition coefficient (Wildman–Crippen LogP) is 19.1. The number of para-hydroxylation sites is 1. The second-order valence-corrected chi connectivity index (χ2v) is 22.0. The van der Waals surface area contributed by atoms with Gasteiger partial charge in [0.25, 0.3) is 0 Å². The molecule has 1 atom stereocenters. The topological polar surface area (TPSA) is 3.24 Å². The maximum absolute atomic E-state index is 2.54. The van der Waals surface area contributed by atoms with Crippen molar-refractivity contribution in [2.45, 2.75) is 43.9 Å². The van der Waals surface area contributed by atoms with E-state index in [4.69, 9.17) is 0 Å². The second-order valence-electron chi connectivity index (χ2n) is 22.0. The lowest BCUT2D eigenvalue weighted by molar-refractivity contribution is 0.660. The molecule has 1 nitrogen and oxygen atoms in total. The van der Waals surface area contributed by atoms with Gasteiger partial charge in [0.05, 0.1) is 11.1 Å². The molecular formula is C73H53N. The van der Waals surface area contributed by atoms with E-state index >= 15 is 0 Å². The molecule has 4 aliphatic carbocycles. The lowest BCUT2D eigenvalue weighted by Gasteiger charge is -2.32. The lowest BCUT2D eigenvalue weighted by atomic mass is 9.70. The number of rotatable bonds is 6. The molecule has 0 aliphatic heterocycles. The molecule has 1 heteroatoms. The monoisotopic (exact) mass is 943 g/mol. The number of benzene rings is 11. The van der Waals surface area contributed by atoms with E-state index in [1.54, 1.807) is 0 Å². The number of hydrogen-bond donors (Lipinski definition) is 0. The number of fused-ring (bicyclic) bond motifs is 16. The first-order valence-electron chi connectivity index (χ1n) is 26.2. The minimum absolute atomic E-state index is 0.150. The third-order valence-corrected chi connectivity index (χ3v) is 17.5. The van der Waals surface area contributed by atoms with Gasteiger partial charge in [0, 0.05) is 27.8 Å². The maximum atomic E-state index is 2.54. The standard InChI is InChI=1S/C73H53N/c1-71(2)62-25-13-8-21-54(62)58-39-36-51(44-67(58)71)74(52-37-40-59-55-22-9-14-26-63(55)72(3,4)68(59)45-52)70-29-17-12-20-53(70)50-35-41-66-61(42-50)57-24-11-16-28-65(57)73(66)64-27-15-10-23-56(64)60-38-34-49(43-69(60)73)48-32-30-47(31-33-48)46-18-6-5-7-19-46/h5-45H,1-4H3. The van der Waals surface area contributed by atoms with Gasteiger partial charge < -0.3 is 4.90 Å². The summed E-state index contributed by atoms with van der Waals surface area (Å²) in [5.74, 6) is 0. The van der Waals surface area contributed by atoms with Gasteiger partial charge in [-0.3, -0.25) is 0 Å². The molecule has 11 aromatic carbocycles. The van der Waals surface area contributed by atoms with E-state index in [0.29, 0.717) is 0 Å². The van der Waals surface area contributed by atoms with E-state index in [2.05, 4.69) is 281 Å². The summed E-state index contributed by atoms with van der Waals surface area (Å²) < 4.78 is 0. The van der Waals surface area contributed by atoms with Crippen LogP contribution in [0.1, 0.15) is 72.2 Å². The minimum Gasteiger partial charge on any atom is -0.310 e. The first kappa shape index (κ1) is 42.9. The van der Waals surface area contributed by atoms with Crippen LogP contribution in [-0.2, 0) is 16.2 Å². The molecule has 11 aromatic rings. The van der Waals surface area contributed by atoms with E-state index in [1.165, 1.54) is 122 Å². The molecule has 74 heavy (non-hydrogen) atoms. The third kappa shape index (κ3) is 5.87. The van der Waals surface area contributed by atoms with Crippen LogP contribution >= 0.6 is 0 Å². The fourth-order valence-electron chi connectivity index (χ4n) is 14.0. The minimum atomic E-state index is -0.481. The molecule has 1 unspecified atom stereocenters. The van der Waals surface area contributed by atoms with Gasteiger partial charge in [0.2, 0.25) is 0 Å². The molecule has 15 rings (SSSR count). The van der Waals surface area contributed by atoms with Crippen molar-refractivity contribution >= 4 is 17.1 Å². The van der Waals surface area contributed by atoms with Crippen LogP contribution in [0.2, 0.25) is 0 Å². The van der Waals surface area contributed by atoms with Crippen molar-refractivity contribution in [3.63, 3.8) is 0 Å². The summed E-state index contributed by atoms with van der Waals surface area (Å²) >= 11 is 0. The molecule has 0 N–H and O–H groups in total. The molecule has 0 aromatic heterocycles. The van der Waals surface area contributed by atoms with Gasteiger partial charge in [0.1, 0.15) is 0 Å². The molecule has 1 spiro atoms. The highest BCUT2D eigenvalue weighted by Gasteiger charge is 2.52. The summed E-state index contributed by atoms with van der Waals surface area (Å²) in [6, 6.07) is 94.0.